The first kappa shape index (κ1) is 9.10. The molecule has 0 aromatic carbocycles. The molecule has 1 N–H and O–H groups in total. The van der Waals surface area contributed by atoms with E-state index in [-0.39, 0.29) is 39.9 Å². The summed E-state index contributed by atoms with van der Waals surface area (Å²) in [5, 5.41) is 13.6. The van der Waals surface area contributed by atoms with Crippen LogP contribution in [0.1, 0.15) is 0 Å². The normalized spacial score (nSPS) is 4.80. The van der Waals surface area contributed by atoms with E-state index in [1.807, 2.05) is 0 Å². The van der Waals surface area contributed by atoms with Crippen molar-refractivity contribution in [2.75, 3.05) is 0 Å². The molecular weight excluding hydrogens is 219 g/mol. The summed E-state index contributed by atoms with van der Waals surface area (Å²) >= 11 is 0. The van der Waals surface area contributed by atoms with Crippen LogP contribution in [0, 0.1) is 50.1 Å². The number of nitrogens with zero attached hydrogens (tertiary/aromatic N) is 1. The van der Waals surface area contributed by atoms with E-state index in [0.717, 1.165) is 0 Å². The van der Waals surface area contributed by atoms with Gasteiger partial charge in [0.1, 0.15) is 0 Å². The first-order valence-electron chi connectivity index (χ1n) is 0.565. The molecule has 0 spiro atoms. The van der Waals surface area contributed by atoms with E-state index in [4.69, 9.17) is 15.3 Å². The predicted octanol–water partition coefficient (Wildman–Crippen LogP) is -0.348. The van der Waals surface area contributed by atoms with E-state index in [2.05, 4.69) is 0 Å². The molecule has 0 radical (unpaired) electrons. The molecule has 0 unspecified atom stereocenters. The van der Waals surface area contributed by atoms with E-state index in [0.29, 0.717) is 0 Å². The zero-order valence-electron chi connectivity index (χ0n) is 2.06. The summed E-state index contributed by atoms with van der Waals surface area (Å²) in [5.41, 5.74) is 0. The van der Waals surface area contributed by atoms with Gasteiger partial charge in [-0.05, 0) is 0 Å². The SMILES string of the molecule is O=[N+]([O-])O.[Gd]. The second-order valence-corrected chi connectivity index (χ2v) is 0.238. The molecule has 0 rings (SSSR count). The van der Waals surface area contributed by atoms with E-state index in [9.17, 15) is 0 Å². The van der Waals surface area contributed by atoms with Crippen LogP contribution in [-0.4, -0.2) is 10.3 Å². The molecular formula is HGdNO3. The van der Waals surface area contributed by atoms with Crippen LogP contribution in [0.5, 0.6) is 0 Å². The Morgan fingerprint density at radius 1 is 1.80 bits per heavy atom. The molecule has 5 heavy (non-hydrogen) atoms. The van der Waals surface area contributed by atoms with Gasteiger partial charge in [-0.2, -0.15) is 0 Å². The van der Waals surface area contributed by atoms with Crippen LogP contribution in [0.15, 0.2) is 0 Å². The first-order chi connectivity index (χ1) is 1.73. The van der Waals surface area contributed by atoms with Crippen LogP contribution in [0.25, 0.3) is 0 Å². The molecule has 0 atom stereocenters. The van der Waals surface area contributed by atoms with Crippen molar-refractivity contribution >= 4 is 0 Å². The molecule has 0 aliphatic rings. The Hall–Kier alpha value is 0.525. The Bertz CT molecular complexity index is 29.9. The maximum atomic E-state index is 8.36. The fourth-order valence-electron chi connectivity index (χ4n) is 0. The molecule has 0 aliphatic carbocycles. The third kappa shape index (κ3) is 105. The van der Waals surface area contributed by atoms with Crippen LogP contribution >= 0.6 is 0 Å². The Kier molecular flexibility index (Phi) is 8.24. The second-order valence-electron chi connectivity index (χ2n) is 0.238. The van der Waals surface area contributed by atoms with Crippen molar-refractivity contribution in [1.82, 2.24) is 0 Å². The van der Waals surface area contributed by atoms with Crippen LogP contribution < -0.4 is 0 Å². The van der Waals surface area contributed by atoms with E-state index in [1.54, 1.807) is 0 Å². The summed E-state index contributed by atoms with van der Waals surface area (Å²) in [6.07, 6.45) is 0. The molecule has 0 fully saturated rings. The minimum atomic E-state index is -1.50. The zero-order valence-corrected chi connectivity index (χ0v) is 4.33. The van der Waals surface area contributed by atoms with Gasteiger partial charge in [-0.1, -0.05) is 0 Å². The van der Waals surface area contributed by atoms with Crippen molar-refractivity contribution in [2.24, 2.45) is 0 Å². The van der Waals surface area contributed by atoms with Crippen LogP contribution in [0.4, 0.5) is 0 Å². The first-order valence-corrected chi connectivity index (χ1v) is 0.565. The predicted molar refractivity (Wildman–Crippen MR) is 8.78 cm³/mol. The summed E-state index contributed by atoms with van der Waals surface area (Å²) in [6.45, 7) is 0. The van der Waals surface area contributed by atoms with Crippen LogP contribution in [-0.2, 0) is 0 Å². The van der Waals surface area contributed by atoms with Crippen LogP contribution in [0.2, 0.25) is 0 Å². The minimum absolute atomic E-state index is 0. The number of rotatable bonds is 0. The third-order valence-corrected chi connectivity index (χ3v) is 0. The Morgan fingerprint density at radius 3 is 1.80 bits per heavy atom. The smallest absolute Gasteiger partial charge is 0.291 e. The fraction of sp³-hybridized carbons (Fsp3) is 0. The molecule has 0 saturated carbocycles. The molecule has 4 nitrogen and oxygen atoms in total. The van der Waals surface area contributed by atoms with Gasteiger partial charge in [0.15, 0.2) is 0 Å². The molecule has 0 aromatic rings. The second kappa shape index (κ2) is 4.52. The van der Waals surface area contributed by atoms with Crippen molar-refractivity contribution in [1.29, 1.82) is 0 Å². The van der Waals surface area contributed by atoms with Gasteiger partial charge in [0.05, 0.1) is 0 Å². The zero-order chi connectivity index (χ0) is 3.58. The maximum Gasteiger partial charge on any atom is 0.291 e. The summed E-state index contributed by atoms with van der Waals surface area (Å²) in [6, 6.07) is 0. The summed E-state index contributed by atoms with van der Waals surface area (Å²) < 4.78 is 0. The standard InChI is InChI=1S/Gd.HNO3/c;2-1(3)4/h;(H,2,3,4). The van der Waals surface area contributed by atoms with E-state index >= 15 is 0 Å². The number of hydrogen-bond donors (Lipinski definition) is 1. The summed E-state index contributed by atoms with van der Waals surface area (Å²) in [5.74, 6) is 0. The summed E-state index contributed by atoms with van der Waals surface area (Å²) in [4.78, 5) is 8.36. The van der Waals surface area contributed by atoms with Gasteiger partial charge in [0.2, 0.25) is 0 Å². The van der Waals surface area contributed by atoms with Crippen molar-refractivity contribution in [3.63, 3.8) is 0 Å². The molecule has 0 heterocycles. The third-order valence-electron chi connectivity index (χ3n) is 0. The minimum Gasteiger partial charge on any atom is -0.328 e. The van der Waals surface area contributed by atoms with Crippen molar-refractivity contribution in [3.05, 3.63) is 10.1 Å². The Labute approximate surface area is 60.0 Å². The fourth-order valence-corrected chi connectivity index (χ4v) is 0. The number of hydrogen-bond acceptors (Lipinski definition) is 2. The van der Waals surface area contributed by atoms with Crippen molar-refractivity contribution in [3.8, 4) is 0 Å². The quantitative estimate of drug-likeness (QED) is 0.448. The average molecular weight is 220 g/mol. The topological polar surface area (TPSA) is 63.4 Å². The van der Waals surface area contributed by atoms with Gasteiger partial charge in [-0.25, -0.2) is 0 Å². The molecule has 32 valence electrons. The molecule has 0 amide bonds. The van der Waals surface area contributed by atoms with Gasteiger partial charge in [-0.15, -0.1) is 10.1 Å². The maximum absolute atomic E-state index is 8.36. The van der Waals surface area contributed by atoms with Gasteiger partial charge in [0, 0.05) is 39.9 Å². The summed E-state index contributed by atoms with van der Waals surface area (Å²) in [7, 11) is 0. The van der Waals surface area contributed by atoms with Gasteiger partial charge >= 0.3 is 0 Å². The van der Waals surface area contributed by atoms with Crippen LogP contribution in [0.3, 0.4) is 0 Å². The van der Waals surface area contributed by atoms with Gasteiger partial charge < -0.3 is 5.21 Å². The Morgan fingerprint density at radius 2 is 1.80 bits per heavy atom. The largest absolute Gasteiger partial charge is 0.328 e. The molecule has 0 saturated heterocycles. The average Bonchev–Trinajstić information content (AvgIpc) is 0.811. The molecule has 0 bridgehead atoms. The monoisotopic (exact) mass is 221 g/mol. The molecule has 5 heteroatoms. The van der Waals surface area contributed by atoms with E-state index in [1.165, 1.54) is 0 Å². The van der Waals surface area contributed by atoms with Gasteiger partial charge in [0.25, 0.3) is 5.09 Å². The van der Waals surface area contributed by atoms with Crippen molar-refractivity contribution in [2.45, 2.75) is 0 Å². The molecule has 0 aliphatic heterocycles. The van der Waals surface area contributed by atoms with Crippen molar-refractivity contribution < 1.29 is 50.2 Å². The van der Waals surface area contributed by atoms with E-state index < -0.39 is 5.09 Å². The Balaban J connectivity index is 0. The van der Waals surface area contributed by atoms with Gasteiger partial charge in [-0.3, -0.25) is 0 Å². The molecule has 0 aromatic heterocycles.